The summed E-state index contributed by atoms with van der Waals surface area (Å²) in [6.07, 6.45) is 5.55. The number of hydrogen-bond donors (Lipinski definition) is 1. The predicted octanol–water partition coefficient (Wildman–Crippen LogP) is 4.05. The highest BCUT2D eigenvalue weighted by atomic mass is 16.5. The highest BCUT2D eigenvalue weighted by molar-refractivity contribution is 5.91. The summed E-state index contributed by atoms with van der Waals surface area (Å²) in [6.45, 7) is 0.905. The van der Waals surface area contributed by atoms with E-state index in [0.717, 1.165) is 16.6 Å². The summed E-state index contributed by atoms with van der Waals surface area (Å²) in [4.78, 5) is 20.9. The number of hydrogen-bond acceptors (Lipinski definition) is 5. The lowest BCUT2D eigenvalue weighted by molar-refractivity contribution is -0.116. The van der Waals surface area contributed by atoms with Crippen LogP contribution < -0.4 is 14.8 Å². The Morgan fingerprint density at radius 3 is 2.83 bits per heavy atom. The zero-order valence-electron chi connectivity index (χ0n) is 16.6. The molecule has 0 radical (unpaired) electrons. The minimum Gasteiger partial charge on any atom is -0.493 e. The van der Waals surface area contributed by atoms with Crippen LogP contribution in [0.15, 0.2) is 73.3 Å². The van der Waals surface area contributed by atoms with Crippen LogP contribution in [0.25, 0.3) is 11.0 Å². The standard InChI is InChI=1S/C23H22N4O3/c1-29-21-9-8-18(13-22(21)30-15-17-5-4-11-24-14-17)26-23(28)10-12-27-16-25-19-6-2-3-7-20(19)27/h2-9,11,13-14,16H,10,12,15H2,1H3,(H,26,28). The molecule has 2 heterocycles. The fourth-order valence-electron chi connectivity index (χ4n) is 3.15. The molecule has 0 aliphatic carbocycles. The fourth-order valence-corrected chi connectivity index (χ4v) is 3.15. The summed E-state index contributed by atoms with van der Waals surface area (Å²) in [5, 5.41) is 2.92. The van der Waals surface area contributed by atoms with Gasteiger partial charge in [0, 0.05) is 42.7 Å². The quantitative estimate of drug-likeness (QED) is 0.481. The van der Waals surface area contributed by atoms with E-state index in [2.05, 4.69) is 15.3 Å². The number of benzene rings is 2. The van der Waals surface area contributed by atoms with Crippen molar-refractivity contribution in [3.8, 4) is 11.5 Å². The van der Waals surface area contributed by atoms with Crippen molar-refractivity contribution >= 4 is 22.6 Å². The first kappa shape index (κ1) is 19.4. The molecule has 0 saturated heterocycles. The number of aromatic nitrogens is 3. The van der Waals surface area contributed by atoms with Gasteiger partial charge >= 0.3 is 0 Å². The van der Waals surface area contributed by atoms with Gasteiger partial charge in [0.15, 0.2) is 11.5 Å². The van der Waals surface area contributed by atoms with E-state index in [-0.39, 0.29) is 5.91 Å². The molecule has 0 fully saturated rings. The van der Waals surface area contributed by atoms with Crippen LogP contribution in [0.2, 0.25) is 0 Å². The molecule has 0 unspecified atom stereocenters. The van der Waals surface area contributed by atoms with Gasteiger partial charge < -0.3 is 19.4 Å². The maximum Gasteiger partial charge on any atom is 0.226 e. The smallest absolute Gasteiger partial charge is 0.226 e. The Bertz CT molecular complexity index is 1140. The topological polar surface area (TPSA) is 78.3 Å². The third kappa shape index (κ3) is 4.57. The monoisotopic (exact) mass is 402 g/mol. The highest BCUT2D eigenvalue weighted by Gasteiger charge is 2.10. The van der Waals surface area contributed by atoms with Crippen molar-refractivity contribution in [2.45, 2.75) is 19.6 Å². The second-order valence-corrected chi connectivity index (χ2v) is 6.74. The summed E-state index contributed by atoms with van der Waals surface area (Å²) in [7, 11) is 1.58. The van der Waals surface area contributed by atoms with E-state index in [1.54, 1.807) is 44.0 Å². The molecule has 30 heavy (non-hydrogen) atoms. The number of ether oxygens (including phenoxy) is 2. The zero-order chi connectivity index (χ0) is 20.8. The molecular formula is C23H22N4O3. The second-order valence-electron chi connectivity index (χ2n) is 6.74. The molecule has 0 atom stereocenters. The predicted molar refractivity (Wildman–Crippen MR) is 115 cm³/mol. The van der Waals surface area contributed by atoms with E-state index in [0.29, 0.717) is 36.8 Å². The minimum absolute atomic E-state index is 0.0869. The molecule has 7 nitrogen and oxygen atoms in total. The minimum atomic E-state index is -0.0869. The summed E-state index contributed by atoms with van der Waals surface area (Å²) in [6, 6.07) is 17.0. The number of para-hydroxylation sites is 2. The third-order valence-corrected chi connectivity index (χ3v) is 4.67. The maximum atomic E-state index is 12.5. The molecule has 0 saturated carbocycles. The molecule has 0 bridgehead atoms. The Kier molecular flexibility index (Phi) is 5.89. The molecular weight excluding hydrogens is 380 g/mol. The number of amides is 1. The number of fused-ring (bicyclic) bond motifs is 1. The van der Waals surface area contributed by atoms with E-state index < -0.39 is 0 Å². The van der Waals surface area contributed by atoms with E-state index in [1.807, 2.05) is 41.0 Å². The fraction of sp³-hybridized carbons (Fsp3) is 0.174. The van der Waals surface area contributed by atoms with Crippen LogP contribution in [-0.2, 0) is 17.9 Å². The lowest BCUT2D eigenvalue weighted by Crippen LogP contribution is -2.14. The molecule has 0 aliphatic rings. The molecule has 2 aromatic heterocycles. The largest absolute Gasteiger partial charge is 0.493 e. The Hall–Kier alpha value is -3.87. The van der Waals surface area contributed by atoms with Gasteiger partial charge in [-0.3, -0.25) is 9.78 Å². The summed E-state index contributed by atoms with van der Waals surface area (Å²) in [5.74, 6) is 1.07. The number of nitrogens with zero attached hydrogens (tertiary/aromatic N) is 3. The number of aryl methyl sites for hydroxylation is 1. The van der Waals surface area contributed by atoms with Crippen LogP contribution in [0, 0.1) is 0 Å². The molecule has 4 rings (SSSR count). The number of rotatable bonds is 8. The van der Waals surface area contributed by atoms with Crippen molar-refractivity contribution in [1.82, 2.24) is 14.5 Å². The molecule has 0 aliphatic heterocycles. The molecule has 1 amide bonds. The number of methoxy groups -OCH3 is 1. The van der Waals surface area contributed by atoms with Gasteiger partial charge in [0.2, 0.25) is 5.91 Å². The summed E-state index contributed by atoms with van der Waals surface area (Å²) < 4.78 is 13.2. The van der Waals surface area contributed by atoms with Crippen LogP contribution in [-0.4, -0.2) is 27.6 Å². The number of nitrogens with one attached hydrogen (secondary N) is 1. The number of pyridine rings is 1. The van der Waals surface area contributed by atoms with Crippen LogP contribution >= 0.6 is 0 Å². The molecule has 152 valence electrons. The Balaban J connectivity index is 1.39. The van der Waals surface area contributed by atoms with E-state index in [1.165, 1.54) is 0 Å². The van der Waals surface area contributed by atoms with Crippen molar-refractivity contribution < 1.29 is 14.3 Å². The number of carbonyl (C=O) groups excluding carboxylic acids is 1. The molecule has 4 aromatic rings. The number of anilines is 1. The molecule has 0 spiro atoms. The average Bonchev–Trinajstić information content (AvgIpc) is 3.20. The maximum absolute atomic E-state index is 12.5. The van der Waals surface area contributed by atoms with Gasteiger partial charge in [-0.15, -0.1) is 0 Å². The van der Waals surface area contributed by atoms with Gasteiger partial charge in [-0.25, -0.2) is 4.98 Å². The van der Waals surface area contributed by atoms with E-state index in [9.17, 15) is 4.79 Å². The third-order valence-electron chi connectivity index (χ3n) is 4.67. The van der Waals surface area contributed by atoms with Gasteiger partial charge in [-0.1, -0.05) is 18.2 Å². The lowest BCUT2D eigenvalue weighted by Gasteiger charge is -2.13. The Morgan fingerprint density at radius 2 is 2.00 bits per heavy atom. The molecule has 2 aromatic carbocycles. The van der Waals surface area contributed by atoms with Gasteiger partial charge in [-0.2, -0.15) is 0 Å². The van der Waals surface area contributed by atoms with Crippen molar-refractivity contribution in [2.75, 3.05) is 12.4 Å². The van der Waals surface area contributed by atoms with E-state index >= 15 is 0 Å². The van der Waals surface area contributed by atoms with Gasteiger partial charge in [-0.05, 0) is 30.3 Å². The van der Waals surface area contributed by atoms with Crippen LogP contribution in [0.3, 0.4) is 0 Å². The molecule has 7 heteroatoms. The van der Waals surface area contributed by atoms with E-state index in [4.69, 9.17) is 9.47 Å². The zero-order valence-corrected chi connectivity index (χ0v) is 16.6. The van der Waals surface area contributed by atoms with Crippen molar-refractivity contribution in [1.29, 1.82) is 0 Å². The van der Waals surface area contributed by atoms with Crippen LogP contribution in [0.1, 0.15) is 12.0 Å². The average molecular weight is 402 g/mol. The van der Waals surface area contributed by atoms with Crippen LogP contribution in [0.4, 0.5) is 5.69 Å². The number of imidazole rings is 1. The van der Waals surface area contributed by atoms with Gasteiger partial charge in [0.1, 0.15) is 6.61 Å². The highest BCUT2D eigenvalue weighted by Crippen LogP contribution is 2.31. The SMILES string of the molecule is COc1ccc(NC(=O)CCn2cnc3ccccc32)cc1OCc1cccnc1. The summed E-state index contributed by atoms with van der Waals surface area (Å²) >= 11 is 0. The van der Waals surface area contributed by atoms with Crippen molar-refractivity contribution in [3.05, 3.63) is 78.9 Å². The lowest BCUT2D eigenvalue weighted by atomic mass is 10.2. The first-order valence-corrected chi connectivity index (χ1v) is 9.62. The Morgan fingerprint density at radius 1 is 1.10 bits per heavy atom. The normalized spacial score (nSPS) is 10.7. The first-order chi connectivity index (χ1) is 14.7. The second kappa shape index (κ2) is 9.09. The Labute approximate surface area is 174 Å². The van der Waals surface area contributed by atoms with Crippen molar-refractivity contribution in [3.63, 3.8) is 0 Å². The van der Waals surface area contributed by atoms with Gasteiger partial charge in [0.25, 0.3) is 0 Å². The summed E-state index contributed by atoms with van der Waals surface area (Å²) in [5.41, 5.74) is 3.53. The van der Waals surface area contributed by atoms with Gasteiger partial charge in [0.05, 0.1) is 24.5 Å². The van der Waals surface area contributed by atoms with Crippen LogP contribution in [0.5, 0.6) is 11.5 Å². The number of carbonyl (C=O) groups is 1. The van der Waals surface area contributed by atoms with Crippen molar-refractivity contribution in [2.24, 2.45) is 0 Å². The first-order valence-electron chi connectivity index (χ1n) is 9.62. The molecule has 1 N–H and O–H groups in total.